The van der Waals surface area contributed by atoms with Gasteiger partial charge in [-0.2, -0.15) is 0 Å². The third kappa shape index (κ3) is 3.94. The fraction of sp³-hybridized carbons (Fsp3) is 0.154. The smallest absolute Gasteiger partial charge is 0.172 e. The Balaban J connectivity index is 1.98. The number of pyridine rings is 2. The van der Waals surface area contributed by atoms with Crippen molar-refractivity contribution in [2.75, 3.05) is 5.32 Å². The van der Waals surface area contributed by atoms with Gasteiger partial charge in [-0.15, -0.1) is 0 Å². The molecular formula is C13H12BrFN4S. The number of halogens is 2. The highest BCUT2D eigenvalue weighted by molar-refractivity contribution is 9.10. The number of nitrogens with zero attached hydrogens (tertiary/aromatic N) is 2. The van der Waals surface area contributed by atoms with Crippen LogP contribution in [-0.2, 0) is 0 Å². The van der Waals surface area contributed by atoms with E-state index < -0.39 is 0 Å². The van der Waals surface area contributed by atoms with Crippen LogP contribution in [-0.4, -0.2) is 15.1 Å². The highest BCUT2D eigenvalue weighted by atomic mass is 79.9. The Labute approximate surface area is 130 Å². The molecule has 0 aliphatic rings. The van der Waals surface area contributed by atoms with Crippen molar-refractivity contribution >= 4 is 39.1 Å². The summed E-state index contributed by atoms with van der Waals surface area (Å²) in [6.45, 7) is 1.79. The van der Waals surface area contributed by atoms with E-state index in [9.17, 15) is 4.39 Å². The zero-order valence-corrected chi connectivity index (χ0v) is 13.0. The van der Waals surface area contributed by atoms with Crippen molar-refractivity contribution in [1.29, 1.82) is 0 Å². The lowest BCUT2D eigenvalue weighted by Gasteiger charge is -2.16. The predicted molar refractivity (Wildman–Crippen MR) is 83.9 cm³/mol. The van der Waals surface area contributed by atoms with Gasteiger partial charge in [-0.3, -0.25) is 4.98 Å². The van der Waals surface area contributed by atoms with E-state index in [1.807, 2.05) is 6.07 Å². The van der Waals surface area contributed by atoms with Gasteiger partial charge >= 0.3 is 0 Å². The second-order valence-corrected chi connectivity index (χ2v) is 5.38. The summed E-state index contributed by atoms with van der Waals surface area (Å²) in [6, 6.07) is 6.21. The molecule has 0 aliphatic carbocycles. The number of hydrogen-bond donors (Lipinski definition) is 2. The molecule has 104 valence electrons. The van der Waals surface area contributed by atoms with Crippen LogP contribution in [0.25, 0.3) is 0 Å². The van der Waals surface area contributed by atoms with Gasteiger partial charge in [-0.05, 0) is 59.3 Å². The van der Waals surface area contributed by atoms with Crippen LogP contribution in [0, 0.1) is 5.82 Å². The van der Waals surface area contributed by atoms with Crippen molar-refractivity contribution in [3.63, 3.8) is 0 Å². The van der Waals surface area contributed by atoms with E-state index in [2.05, 4.69) is 36.5 Å². The van der Waals surface area contributed by atoms with Gasteiger partial charge in [0, 0.05) is 16.9 Å². The summed E-state index contributed by atoms with van der Waals surface area (Å²) in [7, 11) is 0. The SMILES string of the molecule is CC(NC(=S)Nc1ccc(Br)cn1)c1ncccc1F. The number of thiocarbonyl (C=S) groups is 1. The molecule has 0 spiro atoms. The maximum atomic E-state index is 13.6. The topological polar surface area (TPSA) is 49.8 Å². The molecule has 4 nitrogen and oxygen atoms in total. The second-order valence-electron chi connectivity index (χ2n) is 4.05. The van der Waals surface area contributed by atoms with Crippen molar-refractivity contribution in [2.24, 2.45) is 0 Å². The summed E-state index contributed by atoms with van der Waals surface area (Å²) in [4.78, 5) is 8.14. The average Bonchev–Trinajstić information content (AvgIpc) is 2.41. The van der Waals surface area contributed by atoms with E-state index in [-0.39, 0.29) is 11.9 Å². The van der Waals surface area contributed by atoms with Crippen LogP contribution >= 0.6 is 28.1 Å². The first-order valence-corrected chi connectivity index (χ1v) is 7.06. The molecule has 0 aliphatic heterocycles. The predicted octanol–water partition coefficient (Wildman–Crippen LogP) is 3.43. The lowest BCUT2D eigenvalue weighted by Crippen LogP contribution is -2.32. The minimum atomic E-state index is -0.364. The highest BCUT2D eigenvalue weighted by Crippen LogP contribution is 2.14. The zero-order valence-electron chi connectivity index (χ0n) is 10.6. The second kappa shape index (κ2) is 6.71. The molecule has 1 atom stereocenters. The van der Waals surface area contributed by atoms with Crippen molar-refractivity contribution in [3.05, 3.63) is 52.6 Å². The standard InChI is InChI=1S/C13H12BrFN4S/c1-8(12-10(15)3-2-6-16-12)18-13(20)19-11-5-4-9(14)7-17-11/h2-8H,1H3,(H2,17,18,19,20). The maximum Gasteiger partial charge on any atom is 0.172 e. The molecule has 7 heteroatoms. The van der Waals surface area contributed by atoms with Gasteiger partial charge in [0.25, 0.3) is 0 Å². The molecule has 0 saturated heterocycles. The van der Waals surface area contributed by atoms with Crippen LogP contribution < -0.4 is 10.6 Å². The van der Waals surface area contributed by atoms with Crippen molar-refractivity contribution in [1.82, 2.24) is 15.3 Å². The van der Waals surface area contributed by atoms with Crippen LogP contribution in [0.1, 0.15) is 18.7 Å². The van der Waals surface area contributed by atoms with E-state index in [1.165, 1.54) is 6.07 Å². The third-order valence-electron chi connectivity index (χ3n) is 2.51. The summed E-state index contributed by atoms with van der Waals surface area (Å²) < 4.78 is 14.5. The Kier molecular flexibility index (Phi) is 4.97. The molecule has 2 N–H and O–H groups in total. The molecule has 0 saturated carbocycles. The van der Waals surface area contributed by atoms with Crippen molar-refractivity contribution in [2.45, 2.75) is 13.0 Å². The normalized spacial score (nSPS) is 11.8. The Morgan fingerprint density at radius 3 is 2.80 bits per heavy atom. The summed E-state index contributed by atoms with van der Waals surface area (Å²) in [5.74, 6) is 0.247. The van der Waals surface area contributed by atoms with E-state index >= 15 is 0 Å². The molecule has 0 amide bonds. The average molecular weight is 355 g/mol. The molecule has 2 aromatic rings. The molecule has 1 unspecified atom stereocenters. The zero-order chi connectivity index (χ0) is 14.5. The van der Waals surface area contributed by atoms with E-state index in [0.29, 0.717) is 16.6 Å². The molecule has 0 aromatic carbocycles. The molecule has 0 radical (unpaired) electrons. The largest absolute Gasteiger partial charge is 0.354 e. The molecule has 0 fully saturated rings. The number of anilines is 1. The van der Waals surface area contributed by atoms with Gasteiger partial charge in [-0.25, -0.2) is 9.37 Å². The maximum absolute atomic E-state index is 13.6. The van der Waals surface area contributed by atoms with Gasteiger partial charge in [0.15, 0.2) is 5.11 Å². The number of hydrogen-bond acceptors (Lipinski definition) is 3. The Morgan fingerprint density at radius 2 is 2.15 bits per heavy atom. The van der Waals surface area contributed by atoms with Gasteiger partial charge < -0.3 is 10.6 Å². The summed E-state index contributed by atoms with van der Waals surface area (Å²) in [5.41, 5.74) is 0.320. The monoisotopic (exact) mass is 354 g/mol. The van der Waals surface area contributed by atoms with Crippen LogP contribution in [0.15, 0.2) is 41.1 Å². The third-order valence-corrected chi connectivity index (χ3v) is 3.20. The molecule has 2 heterocycles. The van der Waals surface area contributed by atoms with Gasteiger partial charge in [-0.1, -0.05) is 0 Å². The summed E-state index contributed by atoms with van der Waals surface area (Å²) in [6.07, 6.45) is 3.20. The van der Waals surface area contributed by atoms with E-state index in [1.54, 1.807) is 31.5 Å². The van der Waals surface area contributed by atoms with Crippen molar-refractivity contribution < 1.29 is 4.39 Å². The minimum absolute atomic E-state index is 0.320. The number of nitrogens with one attached hydrogen (secondary N) is 2. The first-order valence-electron chi connectivity index (χ1n) is 5.86. The van der Waals surface area contributed by atoms with Gasteiger partial charge in [0.05, 0.1) is 11.7 Å². The Bertz CT molecular complexity index is 606. The fourth-order valence-electron chi connectivity index (χ4n) is 1.58. The lowest BCUT2D eigenvalue weighted by atomic mass is 10.2. The summed E-state index contributed by atoms with van der Waals surface area (Å²) >= 11 is 8.47. The van der Waals surface area contributed by atoms with E-state index in [0.717, 1.165) is 4.47 Å². The van der Waals surface area contributed by atoms with Gasteiger partial charge in [0.2, 0.25) is 0 Å². The highest BCUT2D eigenvalue weighted by Gasteiger charge is 2.13. The molecule has 20 heavy (non-hydrogen) atoms. The fourth-order valence-corrected chi connectivity index (χ4v) is 2.10. The molecule has 0 bridgehead atoms. The van der Waals surface area contributed by atoms with Gasteiger partial charge in [0.1, 0.15) is 11.6 Å². The van der Waals surface area contributed by atoms with Crippen LogP contribution in [0.2, 0.25) is 0 Å². The van der Waals surface area contributed by atoms with E-state index in [4.69, 9.17) is 12.2 Å². The molecule has 2 rings (SSSR count). The Morgan fingerprint density at radius 1 is 1.35 bits per heavy atom. The molecule has 2 aromatic heterocycles. The van der Waals surface area contributed by atoms with Crippen LogP contribution in [0.3, 0.4) is 0 Å². The first kappa shape index (κ1) is 14.8. The quantitative estimate of drug-likeness (QED) is 0.827. The number of aromatic nitrogens is 2. The lowest BCUT2D eigenvalue weighted by molar-refractivity contribution is 0.563. The van der Waals surface area contributed by atoms with Crippen molar-refractivity contribution in [3.8, 4) is 0 Å². The first-order chi connectivity index (χ1) is 9.56. The van der Waals surface area contributed by atoms with Crippen LogP contribution in [0.5, 0.6) is 0 Å². The minimum Gasteiger partial charge on any atom is -0.354 e. The van der Waals surface area contributed by atoms with Crippen LogP contribution in [0.4, 0.5) is 10.2 Å². The Hall–Kier alpha value is -1.60. The number of rotatable bonds is 3. The summed E-state index contributed by atoms with van der Waals surface area (Å²) in [5, 5.41) is 6.25. The molecular weight excluding hydrogens is 343 g/mol.